The first kappa shape index (κ1) is 5.17. The highest BCUT2D eigenvalue weighted by Gasteiger charge is 2.17. The summed E-state index contributed by atoms with van der Waals surface area (Å²) in [5.74, 6) is 0. The van der Waals surface area contributed by atoms with Crippen LogP contribution < -0.4 is 0 Å². The van der Waals surface area contributed by atoms with Gasteiger partial charge in [0.1, 0.15) is 0 Å². The van der Waals surface area contributed by atoms with E-state index in [1.54, 1.807) is 0 Å². The van der Waals surface area contributed by atoms with Gasteiger partial charge in [-0.05, 0) is 19.5 Å². The minimum absolute atomic E-state index is 0.786. The fourth-order valence-electron chi connectivity index (χ4n) is 0.857. The predicted octanol–water partition coefficient (Wildman–Crippen LogP) is 0.943. The lowest BCUT2D eigenvalue weighted by Gasteiger charge is -2.33. The van der Waals surface area contributed by atoms with E-state index in [1.165, 1.54) is 19.5 Å². The zero-order chi connectivity index (χ0) is 5.28. The van der Waals surface area contributed by atoms with Crippen LogP contribution in [0.1, 0.15) is 6.42 Å². The van der Waals surface area contributed by atoms with Crippen LogP contribution in [0.4, 0.5) is 0 Å². The fraction of sp³-hybridized carbons (Fsp3) is 1.00. The maximum atomic E-state index is 2.47. The van der Waals surface area contributed by atoms with Crippen LogP contribution >= 0.6 is 0 Å². The van der Waals surface area contributed by atoms with Crippen LogP contribution in [0, 0.1) is 0 Å². The summed E-state index contributed by atoms with van der Waals surface area (Å²) < 4.78 is 0. The summed E-state index contributed by atoms with van der Waals surface area (Å²) in [6.07, 6.45) is 1.41. The molecule has 0 spiro atoms. The lowest BCUT2D eigenvalue weighted by molar-refractivity contribution is 0.314. The van der Waals surface area contributed by atoms with E-state index in [1.807, 2.05) is 0 Å². The summed E-state index contributed by atoms with van der Waals surface area (Å²) in [4.78, 5) is 2.47. The molecule has 1 nitrogen and oxygen atoms in total. The second-order valence-corrected chi connectivity index (χ2v) is 2.48. The highest BCUT2D eigenvalue weighted by atomic mass is 15.1. The first-order valence-electron chi connectivity index (χ1n) is 3.05. The van der Waals surface area contributed by atoms with Crippen LogP contribution in [-0.2, 0) is 0 Å². The number of hydrogen-bond donors (Lipinski definition) is 0. The van der Waals surface area contributed by atoms with Gasteiger partial charge in [-0.2, -0.15) is 0 Å². The van der Waals surface area contributed by atoms with Crippen LogP contribution in [0.2, 0.25) is 13.6 Å². The predicted molar refractivity (Wildman–Crippen MR) is 33.7 cm³/mol. The molecule has 0 aliphatic carbocycles. The summed E-state index contributed by atoms with van der Waals surface area (Å²) in [5.41, 5.74) is 0. The van der Waals surface area contributed by atoms with Crippen LogP contribution in [0.5, 0.6) is 0 Å². The van der Waals surface area contributed by atoms with Crippen molar-refractivity contribution < 1.29 is 0 Å². The highest BCUT2D eigenvalue weighted by molar-refractivity contribution is 6.52. The second kappa shape index (κ2) is 1.87. The topological polar surface area (TPSA) is 3.24 Å². The molecule has 1 fully saturated rings. The van der Waals surface area contributed by atoms with Crippen molar-refractivity contribution in [2.24, 2.45) is 0 Å². The van der Waals surface area contributed by atoms with Crippen molar-refractivity contribution in [1.82, 2.24) is 4.81 Å². The molecule has 7 heavy (non-hydrogen) atoms. The van der Waals surface area contributed by atoms with Gasteiger partial charge >= 0.3 is 0 Å². The van der Waals surface area contributed by atoms with Gasteiger partial charge < -0.3 is 4.81 Å². The smallest absolute Gasteiger partial charge is 0.216 e. The molecule has 1 aliphatic rings. The molecule has 0 unspecified atom stereocenters. The Hall–Kier alpha value is 0.0249. The minimum atomic E-state index is 0.786. The quantitative estimate of drug-likeness (QED) is 0.440. The van der Waals surface area contributed by atoms with Gasteiger partial charge in [0.15, 0.2) is 0 Å². The van der Waals surface area contributed by atoms with E-state index in [9.17, 15) is 0 Å². The molecular weight excluding hydrogens is 84.9 g/mol. The third kappa shape index (κ3) is 0.971. The highest BCUT2D eigenvalue weighted by Crippen LogP contribution is 2.06. The largest absolute Gasteiger partial charge is 0.342 e. The van der Waals surface area contributed by atoms with Crippen LogP contribution in [0.25, 0.3) is 0 Å². The summed E-state index contributed by atoms with van der Waals surface area (Å²) in [6, 6.07) is 0. The van der Waals surface area contributed by atoms with E-state index in [0.717, 1.165) is 6.85 Å². The summed E-state index contributed by atoms with van der Waals surface area (Å²) in [6.45, 7) is 7.95. The zero-order valence-corrected chi connectivity index (χ0v) is 5.15. The van der Waals surface area contributed by atoms with Gasteiger partial charge in [0, 0.05) is 0 Å². The third-order valence-corrected chi connectivity index (χ3v) is 1.62. The molecule has 1 aliphatic heterocycles. The first-order chi connectivity index (χ1) is 3.30. The molecule has 2 heteroatoms. The molecule has 1 rings (SSSR count). The average Bonchev–Trinajstić information content (AvgIpc) is 1.23. The molecule has 0 aromatic rings. The molecule has 0 atom stereocenters. The molecule has 0 amide bonds. The molecule has 0 aromatic carbocycles. The van der Waals surface area contributed by atoms with Gasteiger partial charge in [-0.1, -0.05) is 13.6 Å². The van der Waals surface area contributed by atoms with Crippen LogP contribution in [-0.4, -0.2) is 24.7 Å². The van der Waals surface area contributed by atoms with Gasteiger partial charge in [-0.3, -0.25) is 0 Å². The lowest BCUT2D eigenvalue weighted by atomic mass is 9.64. The molecule has 0 radical (unpaired) electrons. The lowest BCUT2D eigenvalue weighted by Crippen LogP contribution is -2.44. The van der Waals surface area contributed by atoms with Crippen molar-refractivity contribution in [3.8, 4) is 0 Å². The summed E-state index contributed by atoms with van der Waals surface area (Å²) >= 11 is 0. The Bertz CT molecular complexity index is 59.1. The maximum Gasteiger partial charge on any atom is 0.216 e. The molecule has 1 saturated heterocycles. The van der Waals surface area contributed by atoms with E-state index < -0.39 is 0 Å². The van der Waals surface area contributed by atoms with E-state index in [4.69, 9.17) is 0 Å². The Balaban J connectivity index is 2.14. The van der Waals surface area contributed by atoms with Gasteiger partial charge in [0.2, 0.25) is 6.85 Å². The van der Waals surface area contributed by atoms with Gasteiger partial charge in [-0.15, -0.1) is 0 Å². The standard InChI is InChI=1S/C5H12BN/c1-6(2)7-4-3-5-7/h3-5H2,1-2H3. The Morgan fingerprint density at radius 1 is 1.29 bits per heavy atom. The van der Waals surface area contributed by atoms with Gasteiger partial charge in [-0.25, -0.2) is 0 Å². The van der Waals surface area contributed by atoms with Crippen LogP contribution in [0.15, 0.2) is 0 Å². The molecular formula is C5H12BN. The fourth-order valence-corrected chi connectivity index (χ4v) is 0.857. The molecule has 0 saturated carbocycles. The third-order valence-electron chi connectivity index (χ3n) is 1.62. The number of hydrogen-bond acceptors (Lipinski definition) is 1. The number of rotatable bonds is 1. The van der Waals surface area contributed by atoms with Crippen molar-refractivity contribution in [1.29, 1.82) is 0 Å². The van der Waals surface area contributed by atoms with E-state index in [0.29, 0.717) is 0 Å². The zero-order valence-electron chi connectivity index (χ0n) is 5.15. The van der Waals surface area contributed by atoms with E-state index >= 15 is 0 Å². The Morgan fingerprint density at radius 3 is 1.86 bits per heavy atom. The first-order valence-corrected chi connectivity index (χ1v) is 3.05. The second-order valence-electron chi connectivity index (χ2n) is 2.48. The Labute approximate surface area is 45.8 Å². The normalized spacial score (nSPS) is 21.4. The minimum Gasteiger partial charge on any atom is -0.342 e. The van der Waals surface area contributed by atoms with E-state index in [-0.39, 0.29) is 0 Å². The van der Waals surface area contributed by atoms with Crippen molar-refractivity contribution in [3.63, 3.8) is 0 Å². The van der Waals surface area contributed by atoms with Crippen molar-refractivity contribution in [2.75, 3.05) is 13.1 Å². The molecule has 0 aromatic heterocycles. The monoisotopic (exact) mass is 97.1 g/mol. The molecule has 40 valence electrons. The average molecular weight is 97.0 g/mol. The molecule has 1 heterocycles. The van der Waals surface area contributed by atoms with Crippen molar-refractivity contribution >= 4 is 6.85 Å². The Kier molecular flexibility index (Phi) is 1.38. The summed E-state index contributed by atoms with van der Waals surface area (Å²) in [5, 5.41) is 0. The van der Waals surface area contributed by atoms with Crippen LogP contribution in [0.3, 0.4) is 0 Å². The molecule has 0 N–H and O–H groups in total. The van der Waals surface area contributed by atoms with E-state index in [2.05, 4.69) is 18.5 Å². The summed E-state index contributed by atoms with van der Waals surface area (Å²) in [7, 11) is 0. The maximum absolute atomic E-state index is 2.47. The van der Waals surface area contributed by atoms with Gasteiger partial charge in [0.05, 0.1) is 0 Å². The van der Waals surface area contributed by atoms with Gasteiger partial charge in [0.25, 0.3) is 0 Å². The van der Waals surface area contributed by atoms with Crippen molar-refractivity contribution in [3.05, 3.63) is 0 Å². The number of nitrogens with zero attached hydrogens (tertiary/aromatic N) is 1. The van der Waals surface area contributed by atoms with Crippen molar-refractivity contribution in [2.45, 2.75) is 20.1 Å². The SMILES string of the molecule is CB(C)N1CCC1. The molecule has 0 bridgehead atoms. The Morgan fingerprint density at radius 2 is 1.86 bits per heavy atom.